The van der Waals surface area contributed by atoms with E-state index >= 15 is 0 Å². The van der Waals surface area contributed by atoms with Gasteiger partial charge >= 0.3 is 0 Å². The van der Waals surface area contributed by atoms with Gasteiger partial charge in [-0.1, -0.05) is 24.3 Å². The van der Waals surface area contributed by atoms with E-state index in [0.29, 0.717) is 0 Å². The number of para-hydroxylation sites is 1. The Bertz CT molecular complexity index is 1220. The first-order valence-electron chi connectivity index (χ1n) is 8.10. The second-order valence-electron chi connectivity index (χ2n) is 6.14. The Hall–Kier alpha value is -3.12. The smallest absolute Gasteiger partial charge is 0.175 e. The quantitative estimate of drug-likeness (QED) is 0.422. The summed E-state index contributed by atoms with van der Waals surface area (Å²) in [7, 11) is -3.19. The molecule has 4 rings (SSSR count). The third kappa shape index (κ3) is 3.19. The molecule has 0 saturated heterocycles. The Balaban J connectivity index is 1.56. The summed E-state index contributed by atoms with van der Waals surface area (Å²) in [4.78, 5) is 3.68. The number of H-pyrrole nitrogens is 1. The summed E-state index contributed by atoms with van der Waals surface area (Å²) in [5.41, 5.74) is 6.82. The summed E-state index contributed by atoms with van der Waals surface area (Å²) >= 11 is 0. The van der Waals surface area contributed by atoms with Gasteiger partial charge in [0.25, 0.3) is 0 Å². The highest BCUT2D eigenvalue weighted by Crippen LogP contribution is 2.25. The maximum Gasteiger partial charge on any atom is 0.175 e. The number of aromatic amines is 1. The summed E-state index contributed by atoms with van der Waals surface area (Å²) < 4.78 is 22.9. The molecule has 0 bridgehead atoms. The molecule has 0 aliphatic rings. The van der Waals surface area contributed by atoms with Crippen LogP contribution >= 0.6 is 0 Å². The lowest BCUT2D eigenvalue weighted by Crippen LogP contribution is -1.97. The molecule has 1 aromatic heterocycles. The molecule has 0 spiro atoms. The fraction of sp³-hybridized carbons (Fsp3) is 0.0500. The van der Waals surface area contributed by atoms with Crippen LogP contribution < -0.4 is 5.43 Å². The first-order valence-corrected chi connectivity index (χ1v) is 9.99. The average molecular weight is 363 g/mol. The van der Waals surface area contributed by atoms with E-state index in [4.69, 9.17) is 0 Å². The largest absolute Gasteiger partial charge is 0.355 e. The molecular formula is C20H17N3O2S. The number of anilines is 1. The van der Waals surface area contributed by atoms with Crippen LogP contribution in [0.3, 0.4) is 0 Å². The molecule has 0 atom stereocenters. The summed E-state index contributed by atoms with van der Waals surface area (Å²) in [6, 6.07) is 20.8. The first-order chi connectivity index (χ1) is 12.5. The molecule has 0 radical (unpaired) electrons. The number of hydrogen-bond acceptors (Lipinski definition) is 4. The lowest BCUT2D eigenvalue weighted by Gasteiger charge is -2.02. The number of sulfone groups is 1. The number of hydrogen-bond donors (Lipinski definition) is 2. The van der Waals surface area contributed by atoms with E-state index < -0.39 is 9.84 Å². The van der Waals surface area contributed by atoms with E-state index in [2.05, 4.69) is 33.7 Å². The van der Waals surface area contributed by atoms with Gasteiger partial charge in [0.2, 0.25) is 0 Å². The third-order valence-corrected chi connectivity index (χ3v) is 5.35. The number of hydrazone groups is 1. The number of fused-ring (bicyclic) bond motifs is 3. The zero-order valence-corrected chi connectivity index (χ0v) is 14.9. The number of nitrogens with one attached hydrogen (secondary N) is 2. The molecule has 0 aliphatic carbocycles. The first kappa shape index (κ1) is 16.4. The van der Waals surface area contributed by atoms with Gasteiger partial charge in [0.1, 0.15) is 0 Å². The number of benzene rings is 3. The van der Waals surface area contributed by atoms with E-state index in [-0.39, 0.29) is 4.90 Å². The monoisotopic (exact) mass is 363 g/mol. The molecule has 3 aromatic carbocycles. The maximum atomic E-state index is 11.5. The van der Waals surface area contributed by atoms with E-state index in [1.807, 2.05) is 24.3 Å². The maximum absolute atomic E-state index is 11.5. The Labute approximate surface area is 151 Å². The molecule has 6 heteroatoms. The van der Waals surface area contributed by atoms with Crippen molar-refractivity contribution in [3.63, 3.8) is 0 Å². The van der Waals surface area contributed by atoms with Crippen molar-refractivity contribution in [2.75, 3.05) is 11.7 Å². The van der Waals surface area contributed by atoms with Crippen LogP contribution in [0.15, 0.2) is 76.7 Å². The van der Waals surface area contributed by atoms with E-state index in [0.717, 1.165) is 27.7 Å². The van der Waals surface area contributed by atoms with Crippen LogP contribution in [-0.2, 0) is 9.84 Å². The van der Waals surface area contributed by atoms with Gasteiger partial charge in [0, 0.05) is 28.1 Å². The van der Waals surface area contributed by atoms with Crippen LogP contribution in [0.1, 0.15) is 5.56 Å². The van der Waals surface area contributed by atoms with Crippen molar-refractivity contribution in [3.8, 4) is 0 Å². The predicted octanol–water partition coefficient (Wildman–Crippen LogP) is 4.17. The van der Waals surface area contributed by atoms with Gasteiger partial charge in [-0.3, -0.25) is 5.43 Å². The van der Waals surface area contributed by atoms with Crippen LogP contribution in [0.2, 0.25) is 0 Å². The molecular weight excluding hydrogens is 346 g/mol. The topological polar surface area (TPSA) is 74.3 Å². The van der Waals surface area contributed by atoms with Crippen molar-refractivity contribution in [1.82, 2.24) is 4.98 Å². The van der Waals surface area contributed by atoms with Gasteiger partial charge in [-0.15, -0.1) is 0 Å². The molecule has 26 heavy (non-hydrogen) atoms. The van der Waals surface area contributed by atoms with Gasteiger partial charge in [-0.2, -0.15) is 5.10 Å². The molecule has 1 heterocycles. The van der Waals surface area contributed by atoms with Crippen molar-refractivity contribution in [1.29, 1.82) is 0 Å². The van der Waals surface area contributed by atoms with Crippen LogP contribution in [-0.4, -0.2) is 25.9 Å². The zero-order chi connectivity index (χ0) is 18.1. The second-order valence-corrected chi connectivity index (χ2v) is 8.16. The number of nitrogens with zero attached hydrogens (tertiary/aromatic N) is 1. The van der Waals surface area contributed by atoms with Gasteiger partial charge < -0.3 is 4.98 Å². The Morgan fingerprint density at radius 3 is 2.42 bits per heavy atom. The van der Waals surface area contributed by atoms with Crippen molar-refractivity contribution in [2.45, 2.75) is 4.90 Å². The summed E-state index contributed by atoms with van der Waals surface area (Å²) in [6.45, 7) is 0. The standard InChI is InChI=1S/C20H17N3O2S/c1-26(24,25)16-9-7-15(8-10-16)23-21-13-14-6-11-20-18(12-14)17-4-2-3-5-19(17)22-20/h2-13,22-23H,1H3/b21-13+. The van der Waals surface area contributed by atoms with Crippen molar-refractivity contribution in [2.24, 2.45) is 5.10 Å². The fourth-order valence-corrected chi connectivity index (χ4v) is 3.53. The van der Waals surface area contributed by atoms with E-state index in [1.165, 1.54) is 11.6 Å². The molecule has 0 saturated carbocycles. The summed E-state index contributed by atoms with van der Waals surface area (Å²) in [5, 5.41) is 6.58. The molecule has 0 fully saturated rings. The molecule has 2 N–H and O–H groups in total. The highest BCUT2D eigenvalue weighted by atomic mass is 32.2. The van der Waals surface area contributed by atoms with Crippen LogP contribution in [0.25, 0.3) is 21.8 Å². The number of rotatable bonds is 4. The summed E-state index contributed by atoms with van der Waals surface area (Å²) in [6.07, 6.45) is 2.93. The SMILES string of the molecule is CS(=O)(=O)c1ccc(N/N=C/c2ccc3[nH]c4ccccc4c3c2)cc1. The van der Waals surface area contributed by atoms with Gasteiger partial charge in [0.05, 0.1) is 16.8 Å². The van der Waals surface area contributed by atoms with Crippen LogP contribution in [0, 0.1) is 0 Å². The lowest BCUT2D eigenvalue weighted by atomic mass is 10.1. The number of aromatic nitrogens is 1. The van der Waals surface area contributed by atoms with Crippen molar-refractivity contribution in [3.05, 3.63) is 72.3 Å². The summed E-state index contributed by atoms with van der Waals surface area (Å²) in [5.74, 6) is 0. The van der Waals surface area contributed by atoms with Crippen LogP contribution in [0.4, 0.5) is 5.69 Å². The molecule has 130 valence electrons. The third-order valence-electron chi connectivity index (χ3n) is 4.22. The molecule has 0 amide bonds. The minimum Gasteiger partial charge on any atom is -0.355 e. The molecule has 4 aromatic rings. The second kappa shape index (κ2) is 6.31. The molecule has 0 unspecified atom stereocenters. The average Bonchev–Trinajstić information content (AvgIpc) is 2.99. The molecule has 0 aliphatic heterocycles. The molecule has 5 nitrogen and oxygen atoms in total. The Morgan fingerprint density at radius 2 is 1.65 bits per heavy atom. The Morgan fingerprint density at radius 1 is 0.923 bits per heavy atom. The minimum atomic E-state index is -3.19. The normalized spacial score (nSPS) is 12.2. The lowest BCUT2D eigenvalue weighted by molar-refractivity contribution is 0.602. The van der Waals surface area contributed by atoms with E-state index in [1.54, 1.807) is 30.5 Å². The minimum absolute atomic E-state index is 0.289. The van der Waals surface area contributed by atoms with Crippen LogP contribution in [0.5, 0.6) is 0 Å². The highest BCUT2D eigenvalue weighted by Gasteiger charge is 2.06. The van der Waals surface area contributed by atoms with Gasteiger partial charge in [-0.25, -0.2) is 8.42 Å². The Kier molecular flexibility index (Phi) is 3.97. The van der Waals surface area contributed by atoms with E-state index in [9.17, 15) is 8.42 Å². The van der Waals surface area contributed by atoms with Crippen molar-refractivity contribution < 1.29 is 8.42 Å². The van der Waals surface area contributed by atoms with Gasteiger partial charge in [-0.05, 0) is 48.0 Å². The predicted molar refractivity (Wildman–Crippen MR) is 107 cm³/mol. The van der Waals surface area contributed by atoms with Crippen molar-refractivity contribution >= 4 is 43.5 Å². The zero-order valence-electron chi connectivity index (χ0n) is 14.1. The highest BCUT2D eigenvalue weighted by molar-refractivity contribution is 7.90. The van der Waals surface area contributed by atoms with Gasteiger partial charge in [0.15, 0.2) is 9.84 Å². The fourth-order valence-electron chi connectivity index (χ4n) is 2.90.